The van der Waals surface area contributed by atoms with Crippen LogP contribution in [-0.4, -0.2) is 39.9 Å². The first kappa shape index (κ1) is 49.1. The van der Waals surface area contributed by atoms with E-state index in [-0.39, 0.29) is 6.10 Å². The maximum absolute atomic E-state index is 9.63. The average Bonchev–Trinajstić information content (AvgIpc) is 3.20. The van der Waals surface area contributed by atoms with Gasteiger partial charge >= 0.3 is 0 Å². The molecule has 3 atom stereocenters. The van der Waals surface area contributed by atoms with Gasteiger partial charge in [-0.2, -0.15) is 0 Å². The van der Waals surface area contributed by atoms with Gasteiger partial charge in [-0.1, -0.05) is 183 Å². The molecule has 0 saturated heterocycles. The third kappa shape index (κ3) is 18.3. The van der Waals surface area contributed by atoms with E-state index in [1.54, 1.807) is 26.2 Å². The van der Waals surface area contributed by atoms with Crippen LogP contribution in [0.2, 0.25) is 52.4 Å². The zero-order chi connectivity index (χ0) is 43.3. The third-order valence-corrected chi connectivity index (χ3v) is 17.0. The number of allylic oxidation sites excluding steroid dienone is 2. The summed E-state index contributed by atoms with van der Waals surface area (Å²) in [5.41, 5.74) is 6.98. The Kier molecular flexibility index (Phi) is 21.1. The van der Waals surface area contributed by atoms with Gasteiger partial charge in [0.25, 0.3) is 17.4 Å². The van der Waals surface area contributed by atoms with E-state index in [9.17, 15) is 8.92 Å². The van der Waals surface area contributed by atoms with Gasteiger partial charge in [0.1, 0.15) is 0 Å². The first-order valence-corrected chi connectivity index (χ1v) is 31.9. The second-order valence-corrected chi connectivity index (χ2v) is 29.0. The molecule has 3 unspecified atom stereocenters. The Morgan fingerprint density at radius 2 is 0.864 bits per heavy atom. The lowest BCUT2D eigenvalue weighted by Crippen LogP contribution is -2.47. The minimum atomic E-state index is -1.97. The highest BCUT2D eigenvalue weighted by atomic mass is 28.4. The standard InChI is InChI=1S/C48H56OSi2.2C2H6OSi/c1-39(44-27-11-7-12-28-44)22-19-24-41-36-42(25-20-23-40(2)49-51(5,6)47-33-17-10-18-34-47)38-43(37-41)26-21-35-48(45-29-13-8-14-30-45)50(3,4)46-31-15-9-16-32-46;2*1-4(2)3/h7-21,24-34,36-40,48H,22-23,35H2,1-6H3;2*1-2H3/b24-19-,25-20-,26-21-;;. The van der Waals surface area contributed by atoms with Crippen LogP contribution in [0.4, 0.5) is 0 Å². The molecule has 0 N–H and O–H groups in total. The fraction of sp³-hybridized carbons (Fsp3) is 0.308. The highest BCUT2D eigenvalue weighted by Crippen LogP contribution is 2.31. The van der Waals surface area contributed by atoms with E-state index in [2.05, 4.69) is 216 Å². The lowest BCUT2D eigenvalue weighted by Gasteiger charge is -2.33. The largest absolute Gasteiger partial charge is 0.410 e. The molecule has 59 heavy (non-hydrogen) atoms. The van der Waals surface area contributed by atoms with E-state index in [0.717, 1.165) is 19.3 Å². The van der Waals surface area contributed by atoms with Crippen molar-refractivity contribution in [3.05, 3.63) is 186 Å². The maximum Gasteiger partial charge on any atom is 0.270 e. The van der Waals surface area contributed by atoms with Gasteiger partial charge in [-0.15, -0.1) is 0 Å². The van der Waals surface area contributed by atoms with Crippen molar-refractivity contribution >= 4 is 62.4 Å². The van der Waals surface area contributed by atoms with Crippen LogP contribution >= 0.6 is 0 Å². The van der Waals surface area contributed by atoms with Crippen molar-refractivity contribution < 1.29 is 13.3 Å². The first-order chi connectivity index (χ1) is 28.1. The van der Waals surface area contributed by atoms with Crippen LogP contribution in [0, 0.1) is 0 Å². The van der Waals surface area contributed by atoms with Crippen molar-refractivity contribution in [3.8, 4) is 0 Å². The SMILES string of the molecule is CC(C/C=C\c1cc(/C=C\CC(C)c2ccccc2)cc(/C=C\CC(c2ccccc2)[Si](C)(C)c2ccccc2)c1)O[Si](C)(C)c1ccccc1.C[Si](C)=O.C[Si](C)=O. The van der Waals surface area contributed by atoms with E-state index in [4.69, 9.17) is 4.43 Å². The van der Waals surface area contributed by atoms with Crippen LogP contribution in [-0.2, 0) is 13.3 Å². The Balaban J connectivity index is 0.00000107. The van der Waals surface area contributed by atoms with Crippen molar-refractivity contribution in [3.63, 3.8) is 0 Å². The summed E-state index contributed by atoms with van der Waals surface area (Å²) in [6, 6.07) is 50.8. The molecule has 0 aliphatic rings. The molecule has 0 amide bonds. The molecule has 5 rings (SSSR count). The summed E-state index contributed by atoms with van der Waals surface area (Å²) in [6.07, 6.45) is 17.0. The Hall–Kier alpha value is -4.25. The number of benzene rings is 5. The number of hydrogen-bond donors (Lipinski definition) is 0. The molecule has 310 valence electrons. The van der Waals surface area contributed by atoms with Crippen LogP contribution in [0.1, 0.15) is 72.4 Å². The molecule has 0 radical (unpaired) electrons. The lowest BCUT2D eigenvalue weighted by atomic mass is 9.97. The van der Waals surface area contributed by atoms with Crippen molar-refractivity contribution in [2.75, 3.05) is 0 Å². The van der Waals surface area contributed by atoms with Crippen LogP contribution in [0.25, 0.3) is 18.2 Å². The van der Waals surface area contributed by atoms with Crippen molar-refractivity contribution in [1.29, 1.82) is 0 Å². The summed E-state index contributed by atoms with van der Waals surface area (Å²) in [7, 11) is -6.05. The number of hydrogen-bond acceptors (Lipinski definition) is 3. The second-order valence-electron chi connectivity index (χ2n) is 16.8. The molecular formula is C52H68O3Si4. The second kappa shape index (κ2) is 25.4. The van der Waals surface area contributed by atoms with Crippen molar-refractivity contribution in [2.45, 2.75) is 103 Å². The van der Waals surface area contributed by atoms with Crippen LogP contribution in [0.15, 0.2) is 158 Å². The number of rotatable bonds is 16. The Bertz CT molecular complexity index is 2060. The normalized spacial score (nSPS) is 13.3. The smallest absolute Gasteiger partial charge is 0.270 e. The van der Waals surface area contributed by atoms with Gasteiger partial charge in [0, 0.05) is 6.10 Å². The molecule has 0 aliphatic heterocycles. The van der Waals surface area contributed by atoms with Gasteiger partial charge in [-0.3, -0.25) is 0 Å². The summed E-state index contributed by atoms with van der Waals surface area (Å²) < 4.78 is 25.9. The summed E-state index contributed by atoms with van der Waals surface area (Å²) >= 11 is 0. The zero-order valence-corrected chi connectivity index (χ0v) is 41.3. The van der Waals surface area contributed by atoms with Crippen LogP contribution in [0.3, 0.4) is 0 Å². The lowest BCUT2D eigenvalue weighted by molar-refractivity contribution is 0.221. The predicted molar refractivity (Wildman–Crippen MR) is 265 cm³/mol. The predicted octanol–water partition coefficient (Wildman–Crippen LogP) is 13.5. The monoisotopic (exact) mass is 852 g/mol. The molecule has 0 bridgehead atoms. The molecule has 0 saturated carbocycles. The first-order valence-electron chi connectivity index (χ1n) is 21.1. The quantitative estimate of drug-likeness (QED) is 0.0929. The Morgan fingerprint density at radius 3 is 1.31 bits per heavy atom. The maximum atomic E-state index is 9.63. The molecule has 0 spiro atoms. The van der Waals surface area contributed by atoms with Crippen LogP contribution in [0.5, 0.6) is 0 Å². The molecular weight excluding hydrogens is 785 g/mol. The van der Waals surface area contributed by atoms with E-state index in [0.29, 0.717) is 11.5 Å². The van der Waals surface area contributed by atoms with E-state index in [1.807, 2.05) is 0 Å². The fourth-order valence-electron chi connectivity index (χ4n) is 7.11. The molecule has 0 aliphatic carbocycles. The Labute approximate surface area is 362 Å². The van der Waals surface area contributed by atoms with Gasteiger partial charge in [-0.25, -0.2) is 0 Å². The summed E-state index contributed by atoms with van der Waals surface area (Å²) in [5, 5.41) is 2.84. The van der Waals surface area contributed by atoms with E-state index < -0.39 is 33.8 Å². The highest BCUT2D eigenvalue weighted by molar-refractivity contribution is 6.91. The van der Waals surface area contributed by atoms with Gasteiger partial charge in [0.2, 0.25) is 8.32 Å². The third-order valence-electron chi connectivity index (χ3n) is 10.2. The minimum Gasteiger partial charge on any atom is -0.410 e. The van der Waals surface area contributed by atoms with Gasteiger partial charge in [0.15, 0.2) is 0 Å². The van der Waals surface area contributed by atoms with Crippen LogP contribution < -0.4 is 10.4 Å². The van der Waals surface area contributed by atoms with E-state index in [1.165, 1.54) is 38.2 Å². The molecule has 0 heterocycles. The fourth-order valence-corrected chi connectivity index (χ4v) is 12.6. The average molecular weight is 853 g/mol. The van der Waals surface area contributed by atoms with Gasteiger partial charge in [-0.05, 0) is 128 Å². The van der Waals surface area contributed by atoms with Gasteiger partial charge < -0.3 is 13.3 Å². The molecule has 3 nitrogen and oxygen atoms in total. The summed E-state index contributed by atoms with van der Waals surface area (Å²) in [5.74, 6) is 0.474. The Morgan fingerprint density at radius 1 is 0.508 bits per heavy atom. The van der Waals surface area contributed by atoms with E-state index >= 15 is 0 Å². The minimum absolute atomic E-state index is 0.150. The molecule has 0 aromatic heterocycles. The van der Waals surface area contributed by atoms with Crippen molar-refractivity contribution in [1.82, 2.24) is 0 Å². The zero-order valence-electron chi connectivity index (χ0n) is 37.3. The van der Waals surface area contributed by atoms with Gasteiger partial charge in [0.05, 0.1) is 8.07 Å². The highest BCUT2D eigenvalue weighted by Gasteiger charge is 2.34. The van der Waals surface area contributed by atoms with Crippen molar-refractivity contribution in [2.24, 2.45) is 0 Å². The molecule has 5 aromatic carbocycles. The molecule has 7 heteroatoms. The molecule has 5 aromatic rings. The molecule has 0 fully saturated rings. The topological polar surface area (TPSA) is 43.4 Å². The summed E-state index contributed by atoms with van der Waals surface area (Å²) in [6.45, 7) is 21.0. The summed E-state index contributed by atoms with van der Waals surface area (Å²) in [4.78, 5) is 0.